The van der Waals surface area contributed by atoms with Gasteiger partial charge >= 0.3 is 0 Å². The minimum atomic E-state index is -0.149. The van der Waals surface area contributed by atoms with Crippen LogP contribution in [0, 0.1) is 0 Å². The summed E-state index contributed by atoms with van der Waals surface area (Å²) in [5.74, 6) is 0.644. The molecule has 6 heteroatoms. The number of fused-ring (bicyclic) bond motifs is 1. The van der Waals surface area contributed by atoms with E-state index in [2.05, 4.69) is 15.3 Å². The zero-order valence-electron chi connectivity index (χ0n) is 15.2. The number of hydrogen-bond acceptors (Lipinski definition) is 4. The summed E-state index contributed by atoms with van der Waals surface area (Å²) >= 11 is 0. The van der Waals surface area contributed by atoms with Crippen LogP contribution in [0.5, 0.6) is 0 Å². The van der Waals surface area contributed by atoms with Crippen LogP contribution in [0.15, 0.2) is 73.2 Å². The molecule has 6 nitrogen and oxygen atoms in total. The number of nitrogens with one attached hydrogen (secondary N) is 1. The first-order valence-electron chi connectivity index (χ1n) is 9.14. The Morgan fingerprint density at radius 1 is 0.964 bits per heavy atom. The second kappa shape index (κ2) is 8.02. The fraction of sp³-hybridized carbons (Fsp3) is 0.136. The van der Waals surface area contributed by atoms with Gasteiger partial charge < -0.3 is 10.4 Å². The van der Waals surface area contributed by atoms with Crippen molar-refractivity contribution in [3.8, 4) is 22.6 Å². The maximum atomic E-state index is 12.1. The Labute approximate surface area is 162 Å². The van der Waals surface area contributed by atoms with Gasteiger partial charge in [0.2, 0.25) is 0 Å². The topological polar surface area (TPSA) is 79.5 Å². The third kappa shape index (κ3) is 3.63. The van der Waals surface area contributed by atoms with E-state index in [1.54, 1.807) is 18.3 Å². The molecule has 0 saturated heterocycles. The van der Waals surface area contributed by atoms with Gasteiger partial charge in [-0.15, -0.1) is 0 Å². The van der Waals surface area contributed by atoms with Crippen molar-refractivity contribution in [2.75, 3.05) is 13.2 Å². The summed E-state index contributed by atoms with van der Waals surface area (Å²) in [6.45, 7) is 0.517. The highest BCUT2D eigenvalue weighted by Gasteiger charge is 2.10. The van der Waals surface area contributed by atoms with Crippen molar-refractivity contribution in [1.29, 1.82) is 0 Å². The van der Waals surface area contributed by atoms with Gasteiger partial charge in [-0.3, -0.25) is 14.2 Å². The second-order valence-corrected chi connectivity index (χ2v) is 6.43. The van der Waals surface area contributed by atoms with Crippen molar-refractivity contribution in [3.05, 3.63) is 78.8 Å². The Hall–Kier alpha value is -3.51. The van der Waals surface area contributed by atoms with E-state index in [0.717, 1.165) is 28.2 Å². The van der Waals surface area contributed by atoms with Gasteiger partial charge in [0, 0.05) is 36.0 Å². The molecule has 0 spiro atoms. The van der Waals surface area contributed by atoms with Gasteiger partial charge in [-0.1, -0.05) is 42.5 Å². The van der Waals surface area contributed by atoms with Crippen LogP contribution in [0.2, 0.25) is 0 Å². The molecule has 0 bridgehead atoms. The smallest absolute Gasteiger partial charge is 0.251 e. The van der Waals surface area contributed by atoms with E-state index in [1.807, 2.05) is 59.3 Å². The monoisotopic (exact) mass is 372 g/mol. The molecular formula is C22H20N4O2. The second-order valence-electron chi connectivity index (χ2n) is 6.43. The average molecular weight is 372 g/mol. The van der Waals surface area contributed by atoms with E-state index in [9.17, 15) is 4.79 Å². The molecule has 2 aromatic heterocycles. The highest BCUT2D eigenvalue weighted by Crippen LogP contribution is 2.23. The minimum absolute atomic E-state index is 0.0615. The van der Waals surface area contributed by atoms with Gasteiger partial charge in [-0.05, 0) is 18.6 Å². The Bertz CT molecular complexity index is 1090. The first-order chi connectivity index (χ1) is 13.8. The molecule has 4 aromatic rings. The predicted molar refractivity (Wildman–Crippen MR) is 108 cm³/mol. The summed E-state index contributed by atoms with van der Waals surface area (Å²) in [6, 6.07) is 17.3. The van der Waals surface area contributed by atoms with Crippen molar-refractivity contribution in [2.24, 2.45) is 0 Å². The van der Waals surface area contributed by atoms with Crippen LogP contribution in [0.4, 0.5) is 0 Å². The molecule has 0 aliphatic carbocycles. The number of imidazole rings is 1. The van der Waals surface area contributed by atoms with Crippen molar-refractivity contribution in [2.45, 2.75) is 6.42 Å². The molecule has 1 amide bonds. The van der Waals surface area contributed by atoms with Gasteiger partial charge in [0.25, 0.3) is 5.91 Å². The first-order valence-corrected chi connectivity index (χ1v) is 9.14. The molecule has 28 heavy (non-hydrogen) atoms. The van der Waals surface area contributed by atoms with Crippen LogP contribution in [0.1, 0.15) is 16.8 Å². The molecule has 0 saturated carbocycles. The number of amides is 1. The summed E-state index contributed by atoms with van der Waals surface area (Å²) in [5, 5.41) is 11.6. The minimum Gasteiger partial charge on any atom is -0.396 e. The molecule has 0 unspecified atom stereocenters. The zero-order chi connectivity index (χ0) is 19.3. The SMILES string of the molecule is O=C(NCCCO)c1ccc(-c2ncc3cnc(-c4ccccc4)cn23)cc1. The lowest BCUT2D eigenvalue weighted by atomic mass is 10.1. The molecule has 0 aliphatic heterocycles. The van der Waals surface area contributed by atoms with Crippen LogP contribution in [0.25, 0.3) is 28.2 Å². The van der Waals surface area contributed by atoms with Crippen molar-refractivity contribution >= 4 is 11.4 Å². The standard InChI is InChI=1S/C22H20N4O2/c27-12-4-11-23-22(28)18-9-7-17(8-10-18)21-25-14-19-13-24-20(15-26(19)21)16-5-2-1-3-6-16/h1-3,5-10,13-15,27H,4,11-12H2,(H,23,28). The number of aromatic nitrogens is 3. The number of hydrogen-bond donors (Lipinski definition) is 2. The lowest BCUT2D eigenvalue weighted by Gasteiger charge is -2.07. The summed E-state index contributed by atoms with van der Waals surface area (Å²) in [5.41, 5.74) is 4.30. The van der Waals surface area contributed by atoms with E-state index in [4.69, 9.17) is 5.11 Å². The maximum Gasteiger partial charge on any atom is 0.251 e. The van der Waals surface area contributed by atoms with Gasteiger partial charge in [0.05, 0.1) is 23.6 Å². The third-order valence-corrected chi connectivity index (χ3v) is 4.51. The molecule has 0 aliphatic rings. The number of carbonyl (C=O) groups excluding carboxylic acids is 1. The van der Waals surface area contributed by atoms with E-state index in [0.29, 0.717) is 18.5 Å². The molecule has 0 atom stereocenters. The summed E-state index contributed by atoms with van der Waals surface area (Å²) < 4.78 is 2.01. The molecule has 2 heterocycles. The predicted octanol–water partition coefficient (Wildman–Crippen LogP) is 3.18. The van der Waals surface area contributed by atoms with E-state index >= 15 is 0 Å². The fourth-order valence-electron chi connectivity index (χ4n) is 3.02. The van der Waals surface area contributed by atoms with Gasteiger partial charge in [0.1, 0.15) is 5.82 Å². The lowest BCUT2D eigenvalue weighted by Crippen LogP contribution is -2.24. The molecule has 2 N–H and O–H groups in total. The Morgan fingerprint density at radius 3 is 2.46 bits per heavy atom. The molecule has 0 radical (unpaired) electrons. The summed E-state index contributed by atoms with van der Waals surface area (Å²) in [7, 11) is 0. The van der Waals surface area contributed by atoms with Gasteiger partial charge in [-0.25, -0.2) is 4.98 Å². The highest BCUT2D eigenvalue weighted by atomic mass is 16.3. The van der Waals surface area contributed by atoms with Crippen LogP contribution in [-0.4, -0.2) is 38.5 Å². The van der Waals surface area contributed by atoms with Crippen LogP contribution < -0.4 is 5.32 Å². The van der Waals surface area contributed by atoms with Gasteiger partial charge in [-0.2, -0.15) is 0 Å². The van der Waals surface area contributed by atoms with Gasteiger partial charge in [0.15, 0.2) is 0 Å². The number of benzene rings is 2. The van der Waals surface area contributed by atoms with Crippen LogP contribution >= 0.6 is 0 Å². The Morgan fingerprint density at radius 2 is 1.71 bits per heavy atom. The normalized spacial score (nSPS) is 10.9. The van der Waals surface area contributed by atoms with Crippen molar-refractivity contribution < 1.29 is 9.90 Å². The number of nitrogens with zero attached hydrogens (tertiary/aromatic N) is 3. The van der Waals surface area contributed by atoms with Crippen molar-refractivity contribution in [1.82, 2.24) is 19.7 Å². The fourth-order valence-corrected chi connectivity index (χ4v) is 3.02. The largest absolute Gasteiger partial charge is 0.396 e. The van der Waals surface area contributed by atoms with E-state index in [1.165, 1.54) is 0 Å². The third-order valence-electron chi connectivity index (χ3n) is 4.51. The van der Waals surface area contributed by atoms with E-state index < -0.39 is 0 Å². The number of rotatable bonds is 6. The summed E-state index contributed by atoms with van der Waals surface area (Å²) in [6.07, 6.45) is 6.11. The lowest BCUT2D eigenvalue weighted by molar-refractivity contribution is 0.0951. The number of aliphatic hydroxyl groups is 1. The maximum absolute atomic E-state index is 12.1. The molecule has 2 aromatic carbocycles. The Balaban J connectivity index is 1.63. The number of carbonyl (C=O) groups is 1. The Kier molecular flexibility index (Phi) is 5.12. The zero-order valence-corrected chi connectivity index (χ0v) is 15.2. The van der Waals surface area contributed by atoms with Crippen LogP contribution in [0.3, 0.4) is 0 Å². The first kappa shape index (κ1) is 17.9. The molecule has 140 valence electrons. The molecule has 4 rings (SSSR count). The molecule has 0 fully saturated rings. The average Bonchev–Trinajstić information content (AvgIpc) is 3.18. The highest BCUT2D eigenvalue weighted by molar-refractivity contribution is 5.94. The number of aliphatic hydroxyl groups excluding tert-OH is 1. The van der Waals surface area contributed by atoms with E-state index in [-0.39, 0.29) is 12.5 Å². The quantitative estimate of drug-likeness (QED) is 0.510. The van der Waals surface area contributed by atoms with Crippen LogP contribution in [-0.2, 0) is 0 Å². The van der Waals surface area contributed by atoms with Crippen molar-refractivity contribution in [3.63, 3.8) is 0 Å². The molecular weight excluding hydrogens is 352 g/mol. The summed E-state index contributed by atoms with van der Waals surface area (Å²) in [4.78, 5) is 21.2.